The van der Waals surface area contributed by atoms with Crippen molar-refractivity contribution in [3.8, 4) is 5.75 Å². The number of anilines is 1. The maximum absolute atomic E-state index is 12.7. The van der Waals surface area contributed by atoms with E-state index in [9.17, 15) is 4.79 Å². The molecule has 7 heteroatoms. The van der Waals surface area contributed by atoms with Gasteiger partial charge in [0.15, 0.2) is 0 Å². The molecule has 0 radical (unpaired) electrons. The highest BCUT2D eigenvalue weighted by Gasteiger charge is 2.22. The number of carbonyl (C=O) groups excluding carboxylic acids is 1. The summed E-state index contributed by atoms with van der Waals surface area (Å²) in [6.45, 7) is 5.63. The Morgan fingerprint density at radius 3 is 2.46 bits per heavy atom. The largest absolute Gasteiger partial charge is 0.497 e. The van der Waals surface area contributed by atoms with Crippen molar-refractivity contribution >= 4 is 22.9 Å². The van der Waals surface area contributed by atoms with E-state index in [1.807, 2.05) is 24.0 Å². The van der Waals surface area contributed by atoms with Crippen molar-refractivity contribution in [1.29, 1.82) is 0 Å². The van der Waals surface area contributed by atoms with Crippen LogP contribution >= 0.6 is 11.3 Å². The van der Waals surface area contributed by atoms with Crippen LogP contribution in [0.2, 0.25) is 0 Å². The molecule has 2 heterocycles. The Bertz CT molecular complexity index is 737. The zero-order chi connectivity index (χ0) is 18.5. The molecule has 0 N–H and O–H groups in total. The van der Waals surface area contributed by atoms with Gasteiger partial charge in [0.05, 0.1) is 25.8 Å². The van der Waals surface area contributed by atoms with Gasteiger partial charge in [-0.15, -0.1) is 11.3 Å². The number of hydrogen-bond donors (Lipinski definition) is 0. The van der Waals surface area contributed by atoms with E-state index in [0.717, 1.165) is 47.5 Å². The van der Waals surface area contributed by atoms with Gasteiger partial charge in [0.1, 0.15) is 10.8 Å². The first-order valence-electron chi connectivity index (χ1n) is 8.71. The Balaban J connectivity index is 1.54. The Hall–Kier alpha value is -2.12. The number of thiazole rings is 1. The third kappa shape index (κ3) is 4.34. The summed E-state index contributed by atoms with van der Waals surface area (Å²) in [5.74, 6) is 1.03. The van der Waals surface area contributed by atoms with Crippen LogP contribution in [-0.2, 0) is 22.6 Å². The lowest BCUT2D eigenvalue weighted by atomic mass is 10.2. The minimum Gasteiger partial charge on any atom is -0.497 e. The molecule has 1 aliphatic heterocycles. The summed E-state index contributed by atoms with van der Waals surface area (Å²) in [5, 5.41) is 0.928. The fraction of sp³-hybridized carbons (Fsp3) is 0.474. The average Bonchev–Trinajstić information content (AvgIpc) is 3.01. The Morgan fingerprint density at radius 2 is 1.85 bits per heavy atom. The highest BCUT2D eigenvalue weighted by molar-refractivity contribution is 7.11. The summed E-state index contributed by atoms with van der Waals surface area (Å²) < 4.78 is 10.3. The minimum atomic E-state index is 0.176. The van der Waals surface area contributed by atoms with Crippen molar-refractivity contribution in [1.82, 2.24) is 9.88 Å². The van der Waals surface area contributed by atoms with Gasteiger partial charge in [-0.2, -0.15) is 0 Å². The van der Waals surface area contributed by atoms with Gasteiger partial charge < -0.3 is 19.3 Å². The molecule has 0 atom stereocenters. The van der Waals surface area contributed by atoms with Crippen molar-refractivity contribution < 1.29 is 14.3 Å². The predicted octanol–water partition coefficient (Wildman–Crippen LogP) is 2.50. The number of nitrogens with zero attached hydrogens (tertiary/aromatic N) is 3. The molecule has 0 spiro atoms. The molecule has 1 saturated heterocycles. The standard InChI is InChI=1S/C19H25N3O3S/c1-14-17(26-18(20-14)13-24-2)12-19(23)22-10-8-21(9-11-22)15-4-6-16(25-3)7-5-15/h4-7H,8-13H2,1-3H3. The lowest BCUT2D eigenvalue weighted by molar-refractivity contribution is -0.130. The number of ether oxygens (including phenoxy) is 2. The van der Waals surface area contributed by atoms with Gasteiger partial charge in [0.2, 0.25) is 5.91 Å². The molecular weight excluding hydrogens is 350 g/mol. The molecule has 1 aromatic heterocycles. The fourth-order valence-corrected chi connectivity index (χ4v) is 4.13. The Morgan fingerprint density at radius 1 is 1.15 bits per heavy atom. The van der Waals surface area contributed by atoms with Crippen LogP contribution in [0, 0.1) is 6.92 Å². The number of methoxy groups -OCH3 is 2. The first kappa shape index (κ1) is 18.7. The fourth-order valence-electron chi connectivity index (χ4n) is 3.09. The van der Waals surface area contributed by atoms with Gasteiger partial charge in [0, 0.05) is 43.9 Å². The molecule has 0 bridgehead atoms. The highest BCUT2D eigenvalue weighted by Crippen LogP contribution is 2.22. The first-order chi connectivity index (χ1) is 12.6. The van der Waals surface area contributed by atoms with Crippen molar-refractivity contribution in [3.63, 3.8) is 0 Å². The summed E-state index contributed by atoms with van der Waals surface area (Å²) >= 11 is 1.57. The van der Waals surface area contributed by atoms with E-state index in [-0.39, 0.29) is 5.91 Å². The number of carbonyl (C=O) groups is 1. The summed E-state index contributed by atoms with van der Waals surface area (Å²) in [5.41, 5.74) is 2.10. The number of rotatable bonds is 6. The van der Waals surface area contributed by atoms with Gasteiger partial charge in [-0.05, 0) is 31.2 Å². The van der Waals surface area contributed by atoms with Crippen molar-refractivity contribution in [2.45, 2.75) is 20.0 Å². The lowest BCUT2D eigenvalue weighted by Gasteiger charge is -2.36. The van der Waals surface area contributed by atoms with Crippen LogP contribution in [0.4, 0.5) is 5.69 Å². The van der Waals surface area contributed by atoms with Crippen molar-refractivity contribution in [2.75, 3.05) is 45.3 Å². The number of benzene rings is 1. The molecule has 26 heavy (non-hydrogen) atoms. The van der Waals surface area contributed by atoms with E-state index in [1.54, 1.807) is 25.6 Å². The van der Waals surface area contributed by atoms with E-state index in [2.05, 4.69) is 22.0 Å². The molecule has 1 fully saturated rings. The van der Waals surface area contributed by atoms with Crippen LogP contribution in [-0.4, -0.2) is 56.2 Å². The van der Waals surface area contributed by atoms with E-state index in [0.29, 0.717) is 13.0 Å². The molecule has 3 rings (SSSR count). The summed E-state index contributed by atoms with van der Waals surface area (Å²) in [4.78, 5) is 22.4. The van der Waals surface area contributed by atoms with Crippen molar-refractivity contribution in [2.24, 2.45) is 0 Å². The molecule has 0 saturated carbocycles. The van der Waals surface area contributed by atoms with Crippen LogP contribution in [0.15, 0.2) is 24.3 Å². The van der Waals surface area contributed by atoms with E-state index >= 15 is 0 Å². The smallest absolute Gasteiger partial charge is 0.228 e. The van der Waals surface area contributed by atoms with Gasteiger partial charge in [-0.1, -0.05) is 0 Å². The third-order valence-electron chi connectivity index (χ3n) is 4.59. The second kappa shape index (κ2) is 8.51. The topological polar surface area (TPSA) is 54.9 Å². The molecule has 1 amide bonds. The van der Waals surface area contributed by atoms with Gasteiger partial charge >= 0.3 is 0 Å². The number of piperazine rings is 1. The number of amides is 1. The predicted molar refractivity (Wildman–Crippen MR) is 103 cm³/mol. The second-order valence-corrected chi connectivity index (χ2v) is 7.46. The zero-order valence-corrected chi connectivity index (χ0v) is 16.3. The maximum Gasteiger partial charge on any atom is 0.228 e. The number of aromatic nitrogens is 1. The van der Waals surface area contributed by atoms with Crippen LogP contribution < -0.4 is 9.64 Å². The van der Waals surface area contributed by atoms with E-state index < -0.39 is 0 Å². The lowest BCUT2D eigenvalue weighted by Crippen LogP contribution is -2.49. The molecular formula is C19H25N3O3S. The van der Waals surface area contributed by atoms with Crippen molar-refractivity contribution in [3.05, 3.63) is 39.8 Å². The summed E-state index contributed by atoms with van der Waals surface area (Å²) in [6, 6.07) is 8.07. The van der Waals surface area contributed by atoms with Gasteiger partial charge in [-0.3, -0.25) is 4.79 Å². The molecule has 0 unspecified atom stereocenters. The second-order valence-electron chi connectivity index (χ2n) is 6.29. The Labute approximate surface area is 158 Å². The van der Waals surface area contributed by atoms with Crippen LogP contribution in [0.3, 0.4) is 0 Å². The van der Waals surface area contributed by atoms with E-state index in [4.69, 9.17) is 9.47 Å². The minimum absolute atomic E-state index is 0.176. The molecule has 1 aromatic carbocycles. The zero-order valence-electron chi connectivity index (χ0n) is 15.5. The number of hydrogen-bond acceptors (Lipinski definition) is 6. The number of aryl methyl sites for hydroxylation is 1. The van der Waals surface area contributed by atoms with Crippen LogP contribution in [0.5, 0.6) is 5.75 Å². The molecule has 6 nitrogen and oxygen atoms in total. The SMILES string of the molecule is COCc1nc(C)c(CC(=O)N2CCN(c3ccc(OC)cc3)CC2)s1. The van der Waals surface area contributed by atoms with E-state index in [1.165, 1.54) is 5.69 Å². The normalized spacial score (nSPS) is 14.6. The highest BCUT2D eigenvalue weighted by atomic mass is 32.1. The summed E-state index contributed by atoms with van der Waals surface area (Å²) in [6.07, 6.45) is 0.426. The van der Waals surface area contributed by atoms with Gasteiger partial charge in [-0.25, -0.2) is 4.98 Å². The van der Waals surface area contributed by atoms with Gasteiger partial charge in [0.25, 0.3) is 0 Å². The molecule has 1 aliphatic rings. The molecule has 2 aromatic rings. The average molecular weight is 375 g/mol. The summed E-state index contributed by atoms with van der Waals surface area (Å²) in [7, 11) is 3.33. The molecule has 0 aliphatic carbocycles. The first-order valence-corrected chi connectivity index (χ1v) is 9.53. The molecule has 140 valence electrons. The monoisotopic (exact) mass is 375 g/mol. The van der Waals surface area contributed by atoms with Crippen LogP contribution in [0.25, 0.3) is 0 Å². The maximum atomic E-state index is 12.7. The quantitative estimate of drug-likeness (QED) is 0.776. The third-order valence-corrected chi connectivity index (χ3v) is 5.72. The van der Waals surface area contributed by atoms with Crippen LogP contribution in [0.1, 0.15) is 15.6 Å². The Kier molecular flexibility index (Phi) is 6.11.